The van der Waals surface area contributed by atoms with E-state index in [1.54, 1.807) is 24.5 Å². The van der Waals surface area contributed by atoms with Crippen LogP contribution in [0.4, 0.5) is 0 Å². The Morgan fingerprint density at radius 3 is 2.74 bits per heavy atom. The topological polar surface area (TPSA) is 108 Å². The SMILES string of the molecule is COC1=C(C#N)C(c2cccnc2)C(C#N)C(N)=N1. The first kappa shape index (κ1) is 12.6. The van der Waals surface area contributed by atoms with Crippen molar-refractivity contribution < 1.29 is 4.74 Å². The molecule has 2 heterocycles. The summed E-state index contributed by atoms with van der Waals surface area (Å²) >= 11 is 0. The number of aromatic nitrogens is 1. The second kappa shape index (κ2) is 5.19. The molecule has 0 fully saturated rings. The van der Waals surface area contributed by atoms with Gasteiger partial charge in [-0.2, -0.15) is 15.5 Å². The van der Waals surface area contributed by atoms with E-state index in [0.717, 1.165) is 5.56 Å². The van der Waals surface area contributed by atoms with Gasteiger partial charge in [-0.05, 0) is 11.6 Å². The van der Waals surface area contributed by atoms with Gasteiger partial charge in [0.25, 0.3) is 0 Å². The quantitative estimate of drug-likeness (QED) is 0.847. The van der Waals surface area contributed by atoms with Crippen LogP contribution in [0.25, 0.3) is 0 Å². The number of rotatable bonds is 2. The summed E-state index contributed by atoms with van der Waals surface area (Å²) in [6, 6.07) is 7.68. The van der Waals surface area contributed by atoms with Gasteiger partial charge in [0.05, 0.1) is 13.2 Å². The minimum absolute atomic E-state index is 0.146. The third kappa shape index (κ3) is 2.12. The third-order valence-electron chi connectivity index (χ3n) is 2.92. The molecule has 0 aromatic carbocycles. The molecule has 0 aliphatic carbocycles. The van der Waals surface area contributed by atoms with Gasteiger partial charge in [-0.25, -0.2) is 0 Å². The molecule has 1 aromatic heterocycles. The Labute approximate surface area is 110 Å². The van der Waals surface area contributed by atoms with Crippen molar-refractivity contribution in [2.24, 2.45) is 16.6 Å². The highest BCUT2D eigenvalue weighted by Gasteiger charge is 2.36. The average molecular weight is 253 g/mol. The van der Waals surface area contributed by atoms with Crippen molar-refractivity contribution in [3.05, 3.63) is 41.5 Å². The minimum atomic E-state index is -0.697. The average Bonchev–Trinajstić information content (AvgIpc) is 2.46. The van der Waals surface area contributed by atoms with E-state index in [9.17, 15) is 10.5 Å². The van der Waals surface area contributed by atoms with E-state index in [-0.39, 0.29) is 17.3 Å². The first-order valence-electron chi connectivity index (χ1n) is 5.54. The van der Waals surface area contributed by atoms with E-state index in [1.165, 1.54) is 7.11 Å². The first-order chi connectivity index (χ1) is 9.22. The fraction of sp³-hybridized carbons (Fsp3) is 0.231. The van der Waals surface area contributed by atoms with Crippen molar-refractivity contribution in [1.29, 1.82) is 10.5 Å². The molecule has 0 saturated carbocycles. The van der Waals surface area contributed by atoms with Crippen LogP contribution < -0.4 is 5.73 Å². The Morgan fingerprint density at radius 2 is 2.21 bits per heavy atom. The molecule has 1 aromatic rings. The second-order valence-electron chi connectivity index (χ2n) is 3.94. The molecule has 0 saturated heterocycles. The van der Waals surface area contributed by atoms with Crippen LogP contribution in [0.2, 0.25) is 0 Å². The molecule has 2 N–H and O–H groups in total. The Bertz CT molecular complexity index is 621. The fourth-order valence-corrected chi connectivity index (χ4v) is 2.05. The highest BCUT2D eigenvalue weighted by Crippen LogP contribution is 2.36. The van der Waals surface area contributed by atoms with Crippen LogP contribution in [-0.4, -0.2) is 17.9 Å². The number of hydrogen-bond donors (Lipinski definition) is 1. The molecule has 1 aliphatic rings. The molecule has 0 bridgehead atoms. The number of hydrogen-bond acceptors (Lipinski definition) is 6. The molecule has 6 nitrogen and oxygen atoms in total. The van der Waals surface area contributed by atoms with Crippen molar-refractivity contribution in [2.45, 2.75) is 5.92 Å². The molecular weight excluding hydrogens is 242 g/mol. The lowest BCUT2D eigenvalue weighted by molar-refractivity contribution is 0.279. The zero-order valence-electron chi connectivity index (χ0n) is 10.2. The molecule has 2 rings (SSSR count). The Hall–Kier alpha value is -2.86. The second-order valence-corrected chi connectivity index (χ2v) is 3.94. The number of ether oxygens (including phenoxy) is 1. The van der Waals surface area contributed by atoms with Crippen LogP contribution >= 0.6 is 0 Å². The maximum atomic E-state index is 9.30. The molecule has 19 heavy (non-hydrogen) atoms. The fourth-order valence-electron chi connectivity index (χ4n) is 2.05. The van der Waals surface area contributed by atoms with Gasteiger partial charge in [-0.3, -0.25) is 4.98 Å². The number of nitrogens with two attached hydrogens (primary N) is 1. The minimum Gasteiger partial charge on any atom is -0.480 e. The molecule has 6 heteroatoms. The summed E-state index contributed by atoms with van der Waals surface area (Å²) in [6.45, 7) is 0. The van der Waals surface area contributed by atoms with E-state index >= 15 is 0 Å². The Balaban J connectivity index is 2.61. The number of aliphatic imine (C=N–C) groups is 1. The number of nitrogens with zero attached hydrogens (tertiary/aromatic N) is 4. The van der Waals surface area contributed by atoms with Gasteiger partial charge in [0.2, 0.25) is 5.88 Å². The first-order valence-corrected chi connectivity index (χ1v) is 5.54. The van der Waals surface area contributed by atoms with Gasteiger partial charge in [0, 0.05) is 18.3 Å². The highest BCUT2D eigenvalue weighted by molar-refractivity contribution is 5.89. The molecule has 0 amide bonds. The number of amidine groups is 1. The molecule has 2 atom stereocenters. The van der Waals surface area contributed by atoms with Gasteiger partial charge in [-0.15, -0.1) is 0 Å². The summed E-state index contributed by atoms with van der Waals surface area (Å²) < 4.78 is 5.07. The summed E-state index contributed by atoms with van der Waals surface area (Å²) in [6.07, 6.45) is 3.23. The molecule has 94 valence electrons. The van der Waals surface area contributed by atoms with Gasteiger partial charge in [-0.1, -0.05) is 6.07 Å². The highest BCUT2D eigenvalue weighted by atomic mass is 16.5. The molecule has 0 radical (unpaired) electrons. The molecule has 2 unspecified atom stereocenters. The number of nitriles is 2. The monoisotopic (exact) mass is 253 g/mol. The summed E-state index contributed by atoms with van der Waals surface area (Å²) in [4.78, 5) is 7.98. The maximum absolute atomic E-state index is 9.30. The normalized spacial score (nSPS) is 22.2. The third-order valence-corrected chi connectivity index (χ3v) is 2.92. The van der Waals surface area contributed by atoms with Crippen molar-refractivity contribution in [3.63, 3.8) is 0 Å². The van der Waals surface area contributed by atoms with Crippen LogP contribution in [0, 0.1) is 28.6 Å². The van der Waals surface area contributed by atoms with Crippen LogP contribution in [0.1, 0.15) is 11.5 Å². The summed E-state index contributed by atoms with van der Waals surface area (Å²) in [5.41, 5.74) is 6.81. The zero-order valence-corrected chi connectivity index (χ0v) is 10.2. The van der Waals surface area contributed by atoms with Crippen molar-refractivity contribution in [1.82, 2.24) is 4.98 Å². The molecule has 1 aliphatic heterocycles. The lowest BCUT2D eigenvalue weighted by Gasteiger charge is -2.25. The van der Waals surface area contributed by atoms with Crippen LogP contribution in [0.5, 0.6) is 0 Å². The summed E-state index contributed by atoms with van der Waals surface area (Å²) in [5, 5.41) is 18.6. The van der Waals surface area contributed by atoms with Crippen molar-refractivity contribution in [3.8, 4) is 12.1 Å². The van der Waals surface area contributed by atoms with Crippen LogP contribution in [-0.2, 0) is 4.74 Å². The van der Waals surface area contributed by atoms with Crippen molar-refractivity contribution in [2.75, 3.05) is 7.11 Å². The number of methoxy groups -OCH3 is 1. The Kier molecular flexibility index (Phi) is 3.44. The molecule has 0 spiro atoms. The van der Waals surface area contributed by atoms with E-state index < -0.39 is 11.8 Å². The summed E-state index contributed by atoms with van der Waals surface area (Å²) in [7, 11) is 1.41. The number of pyridine rings is 1. The number of allylic oxidation sites excluding steroid dienone is 1. The van der Waals surface area contributed by atoms with E-state index in [2.05, 4.69) is 22.1 Å². The lowest BCUT2D eigenvalue weighted by Crippen LogP contribution is -2.32. The van der Waals surface area contributed by atoms with Crippen LogP contribution in [0.15, 0.2) is 41.0 Å². The van der Waals surface area contributed by atoms with Crippen molar-refractivity contribution >= 4 is 5.84 Å². The largest absolute Gasteiger partial charge is 0.480 e. The van der Waals surface area contributed by atoms with Crippen LogP contribution in [0.3, 0.4) is 0 Å². The Morgan fingerprint density at radius 1 is 1.42 bits per heavy atom. The van der Waals surface area contributed by atoms with E-state index in [4.69, 9.17) is 10.5 Å². The van der Waals surface area contributed by atoms with Gasteiger partial charge in [0.15, 0.2) is 0 Å². The smallest absolute Gasteiger partial charge is 0.229 e. The van der Waals surface area contributed by atoms with E-state index in [0.29, 0.717) is 0 Å². The predicted octanol–water partition coefficient (Wildman–Crippen LogP) is 1.06. The standard InChI is InChI=1S/C13H11N5O/c1-19-13-10(6-15)11(8-3-2-4-17-7-8)9(5-14)12(16)18-13/h2-4,7,9,11H,1H3,(H2,16,18). The maximum Gasteiger partial charge on any atom is 0.229 e. The zero-order chi connectivity index (χ0) is 13.8. The summed E-state index contributed by atoms with van der Waals surface area (Å²) in [5.74, 6) is -0.901. The van der Waals surface area contributed by atoms with E-state index in [1.807, 2.05) is 0 Å². The van der Waals surface area contributed by atoms with Gasteiger partial charge >= 0.3 is 0 Å². The predicted molar refractivity (Wildman–Crippen MR) is 67.4 cm³/mol. The lowest BCUT2D eigenvalue weighted by atomic mass is 9.80. The molecular formula is C13H11N5O. The van der Waals surface area contributed by atoms with Gasteiger partial charge < -0.3 is 10.5 Å². The van der Waals surface area contributed by atoms with Gasteiger partial charge in [0.1, 0.15) is 23.4 Å².